The van der Waals surface area contributed by atoms with Crippen molar-refractivity contribution in [3.8, 4) is 0 Å². The third-order valence-corrected chi connectivity index (χ3v) is 5.37. The fourth-order valence-corrected chi connectivity index (χ4v) is 4.24. The molecule has 0 aliphatic carbocycles. The zero-order valence-electron chi connectivity index (χ0n) is 14.0. The number of furan rings is 1. The molecule has 2 heteroatoms. The first kappa shape index (κ1) is 14.0. The van der Waals surface area contributed by atoms with E-state index in [2.05, 4.69) is 60.7 Å². The van der Waals surface area contributed by atoms with Gasteiger partial charge in [-0.05, 0) is 39.1 Å². The molecule has 0 amide bonds. The van der Waals surface area contributed by atoms with Gasteiger partial charge in [0.05, 0.1) is 0 Å². The van der Waals surface area contributed by atoms with Gasteiger partial charge in [-0.1, -0.05) is 72.2 Å². The lowest BCUT2D eigenvalue weighted by molar-refractivity contribution is 0.673. The summed E-state index contributed by atoms with van der Waals surface area (Å²) in [6.45, 7) is 0. The zero-order valence-corrected chi connectivity index (χ0v) is 14.0. The highest BCUT2D eigenvalue weighted by Gasteiger charge is 2.15. The Morgan fingerprint density at radius 3 is 2.00 bits per heavy atom. The van der Waals surface area contributed by atoms with E-state index >= 15 is 0 Å². The van der Waals surface area contributed by atoms with E-state index in [-0.39, 0.29) is 0 Å². The van der Waals surface area contributed by atoms with Crippen molar-refractivity contribution in [3.63, 3.8) is 0 Å². The van der Waals surface area contributed by atoms with Gasteiger partial charge in [0.1, 0.15) is 19.0 Å². The highest BCUT2D eigenvalue weighted by Crippen LogP contribution is 2.41. The van der Waals surface area contributed by atoms with Crippen LogP contribution >= 0.6 is 0 Å². The maximum Gasteiger partial charge on any atom is 0.143 e. The quantitative estimate of drug-likeness (QED) is 0.252. The smallest absolute Gasteiger partial charge is 0.143 e. The third kappa shape index (κ3) is 1.71. The molecule has 1 aromatic heterocycles. The molecule has 2 radical (unpaired) electrons. The van der Waals surface area contributed by atoms with Gasteiger partial charge in [-0.15, -0.1) is 0 Å². The minimum Gasteiger partial charge on any atom is -0.455 e. The van der Waals surface area contributed by atoms with Gasteiger partial charge < -0.3 is 4.42 Å². The Morgan fingerprint density at radius 2 is 1.15 bits per heavy atom. The molecule has 0 saturated heterocycles. The third-order valence-electron chi connectivity index (χ3n) is 5.37. The van der Waals surface area contributed by atoms with Gasteiger partial charge in [-0.2, -0.15) is 0 Å². The molecule has 1 nitrogen and oxygen atoms in total. The van der Waals surface area contributed by atoms with Crippen LogP contribution in [0.2, 0.25) is 0 Å². The van der Waals surface area contributed by atoms with E-state index in [0.29, 0.717) is 0 Å². The Kier molecular flexibility index (Phi) is 2.63. The van der Waals surface area contributed by atoms with Crippen LogP contribution in [-0.4, -0.2) is 7.85 Å². The molecular weight excluding hydrogens is 315 g/mol. The number of hydrogen-bond acceptors (Lipinski definition) is 1. The summed E-state index contributed by atoms with van der Waals surface area (Å²) < 4.78 is 6.32. The molecule has 0 aliphatic rings. The first-order valence-corrected chi connectivity index (χ1v) is 8.75. The number of rotatable bonds is 0. The van der Waals surface area contributed by atoms with Gasteiger partial charge in [-0.3, -0.25) is 0 Å². The topological polar surface area (TPSA) is 13.1 Å². The molecule has 0 bridgehead atoms. The van der Waals surface area contributed by atoms with Crippen LogP contribution in [0.15, 0.2) is 83.3 Å². The fraction of sp³-hybridized carbons (Fsp3) is 0. The lowest BCUT2D eigenvalue weighted by Gasteiger charge is -2.11. The second-order valence-corrected chi connectivity index (χ2v) is 6.81. The van der Waals surface area contributed by atoms with Crippen molar-refractivity contribution < 1.29 is 4.42 Å². The molecule has 6 aromatic rings. The van der Waals surface area contributed by atoms with E-state index in [9.17, 15) is 0 Å². The van der Waals surface area contributed by atoms with Gasteiger partial charge in [0.15, 0.2) is 0 Å². The van der Waals surface area contributed by atoms with E-state index in [1.807, 2.05) is 18.2 Å². The number of fused-ring (bicyclic) bond motifs is 10. The van der Waals surface area contributed by atoms with Gasteiger partial charge >= 0.3 is 0 Å². The Bertz CT molecular complexity index is 1490. The van der Waals surface area contributed by atoms with Crippen molar-refractivity contribution in [1.82, 2.24) is 0 Å². The maximum absolute atomic E-state index is 6.32. The van der Waals surface area contributed by atoms with E-state index in [0.717, 1.165) is 32.8 Å². The molecule has 0 saturated carbocycles. The first-order chi connectivity index (χ1) is 12.8. The molecular formula is C24H13BO. The predicted octanol–water partition coefficient (Wildman–Crippen LogP) is 5.84. The SMILES string of the molecule is [B]c1ccc2c(c1)c1ccccc1c1ccc3c4ccccc4oc3c12. The molecule has 6 rings (SSSR count). The van der Waals surface area contributed by atoms with Crippen LogP contribution in [0.4, 0.5) is 0 Å². The van der Waals surface area contributed by atoms with E-state index in [1.54, 1.807) is 0 Å². The highest BCUT2D eigenvalue weighted by molar-refractivity contribution is 6.37. The van der Waals surface area contributed by atoms with Gasteiger partial charge in [0.2, 0.25) is 0 Å². The predicted molar refractivity (Wildman–Crippen MR) is 112 cm³/mol. The van der Waals surface area contributed by atoms with E-state index in [1.165, 1.54) is 26.9 Å². The highest BCUT2D eigenvalue weighted by atomic mass is 16.3. The summed E-state index contributed by atoms with van der Waals surface area (Å²) in [7, 11) is 6.11. The average molecular weight is 328 g/mol. The van der Waals surface area contributed by atoms with Gasteiger partial charge in [0.25, 0.3) is 0 Å². The molecule has 0 aliphatic heterocycles. The molecule has 0 N–H and O–H groups in total. The summed E-state index contributed by atoms with van der Waals surface area (Å²) >= 11 is 0. The van der Waals surface area contributed by atoms with Crippen molar-refractivity contribution in [1.29, 1.82) is 0 Å². The molecule has 1 heterocycles. The van der Waals surface area contributed by atoms with E-state index < -0.39 is 0 Å². The average Bonchev–Trinajstić information content (AvgIpc) is 3.06. The van der Waals surface area contributed by atoms with Crippen molar-refractivity contribution in [2.75, 3.05) is 0 Å². The monoisotopic (exact) mass is 328 g/mol. The Morgan fingerprint density at radius 1 is 0.538 bits per heavy atom. The van der Waals surface area contributed by atoms with Crippen LogP contribution in [0.25, 0.3) is 54.3 Å². The summed E-state index contributed by atoms with van der Waals surface area (Å²) in [5.74, 6) is 0. The van der Waals surface area contributed by atoms with Crippen LogP contribution in [0.1, 0.15) is 0 Å². The minimum absolute atomic E-state index is 0.777. The molecule has 0 unspecified atom stereocenters. The van der Waals surface area contributed by atoms with Crippen molar-refractivity contribution >= 4 is 67.6 Å². The van der Waals surface area contributed by atoms with Crippen LogP contribution in [-0.2, 0) is 0 Å². The molecule has 26 heavy (non-hydrogen) atoms. The summed E-state index contributed by atoms with van der Waals surface area (Å²) in [6.07, 6.45) is 0. The summed E-state index contributed by atoms with van der Waals surface area (Å²) in [4.78, 5) is 0. The minimum atomic E-state index is 0.777. The van der Waals surface area contributed by atoms with Gasteiger partial charge in [-0.25, -0.2) is 0 Å². The van der Waals surface area contributed by atoms with Crippen LogP contribution in [0, 0.1) is 0 Å². The normalized spacial score (nSPS) is 12.0. The maximum atomic E-state index is 6.32. The largest absolute Gasteiger partial charge is 0.455 e. The Balaban J connectivity index is 2.00. The molecule has 0 fully saturated rings. The zero-order chi connectivity index (χ0) is 17.3. The summed E-state index contributed by atoms with van der Waals surface area (Å²) in [6, 6.07) is 27.3. The van der Waals surface area contributed by atoms with Gasteiger partial charge in [0, 0.05) is 16.2 Å². The lowest BCUT2D eigenvalue weighted by Crippen LogP contribution is -2.00. The van der Waals surface area contributed by atoms with Crippen LogP contribution in [0.3, 0.4) is 0 Å². The van der Waals surface area contributed by atoms with E-state index in [4.69, 9.17) is 12.3 Å². The molecule has 5 aromatic carbocycles. The number of hydrogen-bond donors (Lipinski definition) is 0. The molecule has 118 valence electrons. The number of para-hydroxylation sites is 1. The first-order valence-electron chi connectivity index (χ1n) is 8.75. The van der Waals surface area contributed by atoms with Crippen molar-refractivity contribution in [3.05, 3.63) is 78.9 Å². The summed E-state index contributed by atoms with van der Waals surface area (Å²) in [5.41, 5.74) is 2.65. The second-order valence-electron chi connectivity index (χ2n) is 6.81. The molecule has 0 spiro atoms. The second kappa shape index (κ2) is 4.89. The molecule has 0 atom stereocenters. The standard InChI is InChI=1S/C24H13BO/c25-14-9-10-19-21(13-14)16-6-2-1-5-15(16)18-11-12-20-17-7-3-4-8-22(17)26-24(20)23(18)19/h1-13H. The van der Waals surface area contributed by atoms with Crippen molar-refractivity contribution in [2.45, 2.75) is 0 Å². The van der Waals surface area contributed by atoms with Crippen LogP contribution < -0.4 is 5.46 Å². The Hall–Kier alpha value is -3.26. The van der Waals surface area contributed by atoms with Crippen molar-refractivity contribution in [2.24, 2.45) is 0 Å². The summed E-state index contributed by atoms with van der Waals surface area (Å²) in [5, 5.41) is 9.47. The Labute approximate surface area is 151 Å². The fourth-order valence-electron chi connectivity index (χ4n) is 4.24. The number of benzene rings is 5. The lowest BCUT2D eigenvalue weighted by atomic mass is 9.88. The van der Waals surface area contributed by atoms with Crippen LogP contribution in [0.5, 0.6) is 0 Å².